The van der Waals surface area contributed by atoms with Crippen molar-refractivity contribution in [3.63, 3.8) is 0 Å². The Balaban J connectivity index is 1.43. The summed E-state index contributed by atoms with van der Waals surface area (Å²) in [5, 5.41) is 3.55. The summed E-state index contributed by atoms with van der Waals surface area (Å²) < 4.78 is 41.1. The van der Waals surface area contributed by atoms with E-state index in [4.69, 9.17) is 9.47 Å². The van der Waals surface area contributed by atoms with Crippen molar-refractivity contribution in [1.82, 2.24) is 18.9 Å². The molecule has 0 spiro atoms. The summed E-state index contributed by atoms with van der Waals surface area (Å²) in [7, 11) is -3.61. The molecule has 0 radical (unpaired) electrons. The summed E-state index contributed by atoms with van der Waals surface area (Å²) >= 11 is 1.54. The van der Waals surface area contributed by atoms with Gasteiger partial charge in [0.2, 0.25) is 0 Å². The van der Waals surface area contributed by atoms with Gasteiger partial charge in [0.15, 0.2) is 0 Å². The number of hydrogen-bond acceptors (Lipinski definition) is 7. The maximum atomic E-state index is 13.6. The van der Waals surface area contributed by atoms with Crippen LogP contribution in [0.4, 0.5) is 4.79 Å². The predicted octanol–water partition coefficient (Wildman–Crippen LogP) is 3.63. The number of hydrogen-bond donors (Lipinski definition) is 1. The maximum absolute atomic E-state index is 13.6. The second-order valence-electron chi connectivity index (χ2n) is 10.3. The fourth-order valence-corrected chi connectivity index (χ4v) is 7.48. The van der Waals surface area contributed by atoms with Gasteiger partial charge in [-0.2, -0.15) is 17.0 Å². The molecule has 2 aliphatic heterocycles. The van der Waals surface area contributed by atoms with E-state index in [1.54, 1.807) is 14.8 Å². The third-order valence-electron chi connectivity index (χ3n) is 6.29. The van der Waals surface area contributed by atoms with Gasteiger partial charge in [0.1, 0.15) is 5.60 Å². The van der Waals surface area contributed by atoms with Gasteiger partial charge in [-0.05, 0) is 56.4 Å². The van der Waals surface area contributed by atoms with Crippen molar-refractivity contribution in [3.8, 4) is 0 Å². The predicted molar refractivity (Wildman–Crippen MR) is 144 cm³/mol. The third-order valence-corrected chi connectivity index (χ3v) is 9.41. The normalized spacial score (nSPS) is 21.6. The molecule has 2 atom stereocenters. The molecule has 11 heteroatoms. The van der Waals surface area contributed by atoms with Gasteiger partial charge in [0, 0.05) is 44.2 Å². The molecule has 3 heterocycles. The monoisotopic (exact) mass is 548 g/mol. The van der Waals surface area contributed by atoms with E-state index in [-0.39, 0.29) is 12.0 Å². The molecule has 0 aliphatic carbocycles. The Kier molecular flexibility index (Phi) is 9.12. The van der Waals surface area contributed by atoms with E-state index in [1.165, 1.54) is 11.8 Å². The van der Waals surface area contributed by atoms with Crippen LogP contribution in [0.2, 0.25) is 0 Å². The number of nitrogens with zero attached hydrogens (tertiary/aromatic N) is 3. The third kappa shape index (κ3) is 7.67. The molecule has 1 aromatic carbocycles. The lowest BCUT2D eigenvalue weighted by atomic mass is 9.97. The van der Waals surface area contributed by atoms with Crippen molar-refractivity contribution in [3.05, 3.63) is 59.8 Å². The zero-order chi connectivity index (χ0) is 26.5. The van der Waals surface area contributed by atoms with E-state index in [0.29, 0.717) is 45.1 Å². The quantitative estimate of drug-likeness (QED) is 0.503. The number of benzene rings is 1. The van der Waals surface area contributed by atoms with E-state index >= 15 is 0 Å². The molecule has 1 aromatic heterocycles. The number of aromatic nitrogens is 1. The van der Waals surface area contributed by atoms with Crippen LogP contribution in [-0.4, -0.2) is 78.3 Å². The Morgan fingerprint density at radius 3 is 2.62 bits per heavy atom. The standard InChI is InChI=1S/C26H36N4O5S2/c1-26(2,3)35-25(31)28-17-20-9-10-27-24(15-20)36-19-23-16-22(21-7-5-4-6-8-21)18-30(23)37(32,33)29-11-13-34-14-12-29/h4-10,15,22-23H,11-14,16-19H2,1-3H3,(H,28,31). The van der Waals surface area contributed by atoms with Crippen LogP contribution in [-0.2, 0) is 26.2 Å². The summed E-state index contributed by atoms with van der Waals surface area (Å²) in [5.41, 5.74) is 1.50. The SMILES string of the molecule is CC(C)(C)OC(=O)NCc1ccnc(SCC2CC(c3ccccc3)CN2S(=O)(=O)N2CCOCC2)c1. The summed E-state index contributed by atoms with van der Waals surface area (Å²) in [5.74, 6) is 0.725. The molecule has 2 aromatic rings. The molecule has 2 unspecified atom stereocenters. The Morgan fingerprint density at radius 2 is 1.92 bits per heavy atom. The lowest BCUT2D eigenvalue weighted by Gasteiger charge is -2.32. The number of morpholine rings is 1. The van der Waals surface area contributed by atoms with Gasteiger partial charge in [-0.25, -0.2) is 9.78 Å². The van der Waals surface area contributed by atoms with Gasteiger partial charge in [0.25, 0.3) is 10.2 Å². The lowest BCUT2D eigenvalue weighted by Crippen LogP contribution is -2.50. The van der Waals surface area contributed by atoms with Crippen LogP contribution in [0, 0.1) is 0 Å². The number of nitrogens with one attached hydrogen (secondary N) is 1. The molecule has 0 bridgehead atoms. The van der Waals surface area contributed by atoms with Crippen molar-refractivity contribution in [2.45, 2.75) is 56.3 Å². The van der Waals surface area contributed by atoms with Crippen LogP contribution < -0.4 is 5.32 Å². The zero-order valence-corrected chi connectivity index (χ0v) is 23.3. The highest BCUT2D eigenvalue weighted by Crippen LogP contribution is 2.37. The first-order chi connectivity index (χ1) is 17.6. The van der Waals surface area contributed by atoms with Crippen molar-refractivity contribution in [2.24, 2.45) is 0 Å². The molecule has 4 rings (SSSR count). The first-order valence-electron chi connectivity index (χ1n) is 12.6. The number of amides is 1. The minimum absolute atomic E-state index is 0.139. The number of thioether (sulfide) groups is 1. The minimum atomic E-state index is -3.61. The number of rotatable bonds is 8. The maximum Gasteiger partial charge on any atom is 0.407 e. The molecule has 2 aliphatic rings. The van der Waals surface area contributed by atoms with Crippen LogP contribution in [0.25, 0.3) is 0 Å². The van der Waals surface area contributed by atoms with Crippen LogP contribution in [0.3, 0.4) is 0 Å². The van der Waals surface area contributed by atoms with Gasteiger partial charge in [-0.1, -0.05) is 30.3 Å². The molecule has 9 nitrogen and oxygen atoms in total. The Morgan fingerprint density at radius 1 is 1.19 bits per heavy atom. The van der Waals surface area contributed by atoms with Crippen LogP contribution >= 0.6 is 11.8 Å². The van der Waals surface area contributed by atoms with E-state index in [2.05, 4.69) is 22.4 Å². The number of carbonyl (C=O) groups excluding carboxylic acids is 1. The highest BCUT2D eigenvalue weighted by Gasteiger charge is 2.43. The van der Waals surface area contributed by atoms with E-state index in [9.17, 15) is 13.2 Å². The second kappa shape index (κ2) is 12.1. The fraction of sp³-hybridized carbons (Fsp3) is 0.538. The molecule has 37 heavy (non-hydrogen) atoms. The van der Waals surface area contributed by atoms with Crippen molar-refractivity contribution >= 4 is 28.1 Å². The molecular formula is C26H36N4O5S2. The van der Waals surface area contributed by atoms with Crippen LogP contribution in [0.5, 0.6) is 0 Å². The number of pyridine rings is 1. The lowest BCUT2D eigenvalue weighted by molar-refractivity contribution is 0.0523. The summed E-state index contributed by atoms with van der Waals surface area (Å²) in [4.78, 5) is 16.5. The topological polar surface area (TPSA) is 101 Å². The molecule has 202 valence electrons. The zero-order valence-electron chi connectivity index (χ0n) is 21.6. The van der Waals surface area contributed by atoms with Gasteiger partial charge < -0.3 is 14.8 Å². The average molecular weight is 549 g/mol. The molecule has 0 saturated carbocycles. The Bertz CT molecular complexity index is 1150. The van der Waals surface area contributed by atoms with E-state index < -0.39 is 21.9 Å². The highest BCUT2D eigenvalue weighted by atomic mass is 32.2. The summed E-state index contributed by atoms with van der Waals surface area (Å²) in [6.45, 7) is 7.84. The van der Waals surface area contributed by atoms with Crippen LogP contribution in [0.15, 0.2) is 53.7 Å². The molecule has 1 amide bonds. The minimum Gasteiger partial charge on any atom is -0.444 e. The van der Waals surface area contributed by atoms with E-state index in [1.807, 2.05) is 51.1 Å². The number of carbonyl (C=O) groups is 1. The van der Waals surface area contributed by atoms with Gasteiger partial charge >= 0.3 is 6.09 Å². The fourth-order valence-electron chi connectivity index (χ4n) is 4.52. The largest absolute Gasteiger partial charge is 0.444 e. The number of ether oxygens (including phenoxy) is 2. The smallest absolute Gasteiger partial charge is 0.407 e. The summed E-state index contributed by atoms with van der Waals surface area (Å²) in [6.07, 6.45) is 1.99. The average Bonchev–Trinajstić information content (AvgIpc) is 3.32. The van der Waals surface area contributed by atoms with Crippen molar-refractivity contribution < 1.29 is 22.7 Å². The van der Waals surface area contributed by atoms with Gasteiger partial charge in [0.05, 0.1) is 18.2 Å². The Hall–Kier alpha value is -2.18. The van der Waals surface area contributed by atoms with Crippen LogP contribution in [0.1, 0.15) is 44.2 Å². The molecule has 2 fully saturated rings. The highest BCUT2D eigenvalue weighted by molar-refractivity contribution is 7.99. The van der Waals surface area contributed by atoms with Gasteiger partial charge in [-0.15, -0.1) is 11.8 Å². The molecule has 1 N–H and O–H groups in total. The first-order valence-corrected chi connectivity index (χ1v) is 14.9. The number of alkyl carbamates (subject to hydrolysis) is 1. The first kappa shape index (κ1) is 27.8. The van der Waals surface area contributed by atoms with Crippen molar-refractivity contribution in [1.29, 1.82) is 0 Å². The second-order valence-corrected chi connectivity index (χ2v) is 13.2. The Labute approximate surface area is 224 Å². The molecule has 2 saturated heterocycles. The van der Waals surface area contributed by atoms with Crippen molar-refractivity contribution in [2.75, 3.05) is 38.6 Å². The van der Waals surface area contributed by atoms with E-state index in [0.717, 1.165) is 22.6 Å². The van der Waals surface area contributed by atoms with Gasteiger partial charge in [-0.3, -0.25) is 0 Å². The summed E-state index contributed by atoms with van der Waals surface area (Å²) in [6, 6.07) is 13.7. The molecular weight excluding hydrogens is 512 g/mol.